The van der Waals surface area contributed by atoms with E-state index in [0.717, 1.165) is 55.6 Å². The number of fused-ring (bicyclic) bond motifs is 11. The Balaban J connectivity index is 1.23. The highest BCUT2D eigenvalue weighted by atomic mass is 32.2. The molecular weight excluding hydrogens is 667 g/mol. The highest BCUT2D eigenvalue weighted by Crippen LogP contribution is 2.59. The van der Waals surface area contributed by atoms with Crippen LogP contribution in [-0.4, -0.2) is 15.0 Å². The smallest absolute Gasteiger partial charge is 0.160 e. The van der Waals surface area contributed by atoms with Gasteiger partial charge in [0.2, 0.25) is 0 Å². The molecule has 0 N–H and O–H groups in total. The van der Waals surface area contributed by atoms with Crippen molar-refractivity contribution in [2.45, 2.75) is 15.2 Å². The molecule has 0 amide bonds. The second kappa shape index (κ2) is 11.7. The van der Waals surface area contributed by atoms with Gasteiger partial charge in [-0.1, -0.05) is 127 Å². The van der Waals surface area contributed by atoms with Gasteiger partial charge in [0, 0.05) is 49.6 Å². The summed E-state index contributed by atoms with van der Waals surface area (Å²) in [6.45, 7) is 0. The van der Waals surface area contributed by atoms with Crippen LogP contribution in [0.25, 0.3) is 68.0 Å². The minimum Gasteiger partial charge on any atom is -0.456 e. The molecular formula is C48H29N3OS. The fourth-order valence-corrected chi connectivity index (χ4v) is 9.52. The van der Waals surface area contributed by atoms with Crippen molar-refractivity contribution in [3.8, 4) is 33.9 Å². The van der Waals surface area contributed by atoms with E-state index in [1.165, 1.54) is 37.6 Å². The van der Waals surface area contributed by atoms with E-state index in [-0.39, 0.29) is 0 Å². The summed E-state index contributed by atoms with van der Waals surface area (Å²) in [6.07, 6.45) is 8.19. The maximum atomic E-state index is 6.60. The van der Waals surface area contributed by atoms with Crippen LogP contribution >= 0.6 is 11.8 Å². The Labute approximate surface area is 310 Å². The first-order chi connectivity index (χ1) is 26.2. The lowest BCUT2D eigenvalue weighted by Gasteiger charge is -2.42. The highest BCUT2D eigenvalue weighted by molar-refractivity contribution is 7.99. The summed E-state index contributed by atoms with van der Waals surface area (Å²) < 4.78 is 6.60. The summed E-state index contributed by atoms with van der Waals surface area (Å²) >= 11 is 1.84. The lowest BCUT2D eigenvalue weighted by molar-refractivity contribution is 0.659. The number of nitrogens with zero attached hydrogens (tertiary/aromatic N) is 3. The molecule has 0 saturated carbocycles. The lowest BCUT2D eigenvalue weighted by Crippen LogP contribution is -2.35. The Bertz CT molecular complexity index is 2880. The molecule has 0 fully saturated rings. The van der Waals surface area contributed by atoms with Gasteiger partial charge in [-0.3, -0.25) is 4.98 Å². The molecule has 3 aromatic heterocycles. The molecule has 2 aliphatic rings. The van der Waals surface area contributed by atoms with Gasteiger partial charge in [-0.15, -0.1) is 0 Å². The van der Waals surface area contributed by atoms with E-state index in [1.807, 2.05) is 54.4 Å². The molecule has 53 heavy (non-hydrogen) atoms. The summed E-state index contributed by atoms with van der Waals surface area (Å²) in [5.74, 6) is 0.675. The van der Waals surface area contributed by atoms with E-state index in [0.29, 0.717) is 5.82 Å². The summed E-state index contributed by atoms with van der Waals surface area (Å²) in [6, 6.07) is 53.9. The second-order valence-electron chi connectivity index (χ2n) is 13.6. The van der Waals surface area contributed by atoms with Crippen LogP contribution in [0.2, 0.25) is 0 Å². The SMILES string of the molecule is C1=Cc2ccc(-c3cc(-c4cccnc4)nc(-c4ccccc4)n3)cc2C2(c3ccccc31)c1ccccc1Sc1cc3c(cc12)oc1ccccc13. The van der Waals surface area contributed by atoms with E-state index in [4.69, 9.17) is 14.4 Å². The van der Waals surface area contributed by atoms with E-state index >= 15 is 0 Å². The molecule has 248 valence electrons. The van der Waals surface area contributed by atoms with Gasteiger partial charge in [-0.2, -0.15) is 0 Å². The van der Waals surface area contributed by atoms with Gasteiger partial charge in [-0.05, 0) is 81.9 Å². The first-order valence-corrected chi connectivity index (χ1v) is 18.6. The number of furan rings is 1. The Morgan fingerprint density at radius 3 is 2.08 bits per heavy atom. The molecule has 1 unspecified atom stereocenters. The maximum absolute atomic E-state index is 6.60. The van der Waals surface area contributed by atoms with Gasteiger partial charge < -0.3 is 4.42 Å². The van der Waals surface area contributed by atoms with Crippen LogP contribution in [0.5, 0.6) is 0 Å². The molecule has 0 saturated heterocycles. The Morgan fingerprint density at radius 1 is 0.472 bits per heavy atom. The predicted octanol–water partition coefficient (Wildman–Crippen LogP) is 12.1. The zero-order valence-corrected chi connectivity index (χ0v) is 29.2. The number of aromatic nitrogens is 3. The van der Waals surface area contributed by atoms with Crippen LogP contribution in [0.15, 0.2) is 178 Å². The second-order valence-corrected chi connectivity index (χ2v) is 14.7. The normalized spacial score (nSPS) is 15.5. The molecule has 4 heterocycles. The van der Waals surface area contributed by atoms with Gasteiger partial charge in [-0.25, -0.2) is 9.97 Å². The van der Waals surface area contributed by atoms with Gasteiger partial charge in [0.1, 0.15) is 11.2 Å². The van der Waals surface area contributed by atoms with Crippen LogP contribution < -0.4 is 0 Å². The summed E-state index contributed by atoms with van der Waals surface area (Å²) in [5, 5.41) is 2.26. The van der Waals surface area contributed by atoms with E-state index in [2.05, 4.69) is 132 Å². The lowest BCUT2D eigenvalue weighted by atomic mass is 9.63. The number of benzene rings is 6. The zero-order valence-electron chi connectivity index (χ0n) is 28.4. The number of rotatable bonds is 3. The quantitative estimate of drug-likeness (QED) is 0.184. The molecule has 0 bridgehead atoms. The van der Waals surface area contributed by atoms with E-state index < -0.39 is 5.41 Å². The monoisotopic (exact) mass is 695 g/mol. The first-order valence-electron chi connectivity index (χ1n) is 17.7. The largest absolute Gasteiger partial charge is 0.456 e. The molecule has 5 heteroatoms. The molecule has 1 spiro atoms. The Kier molecular flexibility index (Phi) is 6.67. The van der Waals surface area contributed by atoms with E-state index in [9.17, 15) is 0 Å². The highest BCUT2D eigenvalue weighted by Gasteiger charge is 2.47. The molecule has 9 aromatic rings. The number of pyridine rings is 1. The molecule has 1 aliphatic carbocycles. The van der Waals surface area contributed by atoms with Gasteiger partial charge >= 0.3 is 0 Å². The standard InChI is InChI=1S/C48H29N3OS/c1-2-12-32(13-3-1)47-50-41(28-42(51-47)34-14-10-24-49-29-34)33-23-22-31-21-20-30-11-4-6-16-37(30)48(39(31)25-33)38-17-7-9-19-45(38)53-46-26-36-35-15-5-8-18-43(35)52-44(36)27-40(46)48/h1-29H. The molecule has 1 aliphatic heterocycles. The fourth-order valence-electron chi connectivity index (χ4n) is 8.31. The average Bonchev–Trinajstić information content (AvgIpc) is 3.52. The van der Waals surface area contributed by atoms with Gasteiger partial charge in [0.25, 0.3) is 0 Å². The predicted molar refractivity (Wildman–Crippen MR) is 215 cm³/mol. The van der Waals surface area contributed by atoms with Crippen LogP contribution in [0, 0.1) is 0 Å². The van der Waals surface area contributed by atoms with Crippen LogP contribution in [-0.2, 0) is 5.41 Å². The third-order valence-corrected chi connectivity index (χ3v) is 11.8. The summed E-state index contributed by atoms with van der Waals surface area (Å²) in [5.41, 5.74) is 13.0. The van der Waals surface area contributed by atoms with Gasteiger partial charge in [0.15, 0.2) is 5.82 Å². The third-order valence-electron chi connectivity index (χ3n) is 10.7. The van der Waals surface area contributed by atoms with Crippen molar-refractivity contribution in [1.29, 1.82) is 0 Å². The van der Waals surface area contributed by atoms with Crippen LogP contribution in [0.1, 0.15) is 33.4 Å². The molecule has 1 atom stereocenters. The zero-order chi connectivity index (χ0) is 34.9. The minimum absolute atomic E-state index is 0.656. The maximum Gasteiger partial charge on any atom is 0.160 e. The Morgan fingerprint density at radius 2 is 1.21 bits per heavy atom. The average molecular weight is 696 g/mol. The number of hydrogen-bond acceptors (Lipinski definition) is 5. The van der Waals surface area contributed by atoms with Crippen molar-refractivity contribution in [2.75, 3.05) is 0 Å². The Hall–Kier alpha value is -6.56. The number of para-hydroxylation sites is 1. The van der Waals surface area contributed by atoms with Crippen molar-refractivity contribution in [2.24, 2.45) is 0 Å². The molecule has 6 aromatic carbocycles. The van der Waals surface area contributed by atoms with Crippen molar-refractivity contribution < 1.29 is 4.42 Å². The number of hydrogen-bond donors (Lipinski definition) is 0. The van der Waals surface area contributed by atoms with Crippen molar-refractivity contribution >= 4 is 45.9 Å². The summed E-state index contributed by atoms with van der Waals surface area (Å²) in [7, 11) is 0. The van der Waals surface area contributed by atoms with Crippen molar-refractivity contribution in [1.82, 2.24) is 15.0 Å². The van der Waals surface area contributed by atoms with Crippen molar-refractivity contribution in [3.63, 3.8) is 0 Å². The van der Waals surface area contributed by atoms with E-state index in [1.54, 1.807) is 6.20 Å². The molecule has 0 radical (unpaired) electrons. The first kappa shape index (κ1) is 30.1. The topological polar surface area (TPSA) is 51.8 Å². The van der Waals surface area contributed by atoms with Crippen molar-refractivity contribution in [3.05, 3.63) is 197 Å². The third kappa shape index (κ3) is 4.61. The summed E-state index contributed by atoms with van der Waals surface area (Å²) in [4.78, 5) is 17.2. The molecule has 11 rings (SSSR count). The van der Waals surface area contributed by atoms with Crippen LogP contribution in [0.4, 0.5) is 0 Å². The minimum atomic E-state index is -0.656. The van der Waals surface area contributed by atoms with Crippen LogP contribution in [0.3, 0.4) is 0 Å². The fraction of sp³-hybridized carbons (Fsp3) is 0.0208. The molecule has 4 nitrogen and oxygen atoms in total. The van der Waals surface area contributed by atoms with Gasteiger partial charge in [0.05, 0.1) is 16.8 Å².